The Morgan fingerprint density at radius 3 is 2.51 bits per heavy atom. The van der Waals surface area contributed by atoms with E-state index in [2.05, 4.69) is 5.10 Å². The summed E-state index contributed by atoms with van der Waals surface area (Å²) in [5.41, 5.74) is 2.54. The highest BCUT2D eigenvalue weighted by molar-refractivity contribution is 6.24. The monoisotopic (exact) mass is 495 g/mol. The Morgan fingerprint density at radius 2 is 1.70 bits per heavy atom. The zero-order valence-corrected chi connectivity index (χ0v) is 19.7. The molecule has 0 N–H and O–H groups in total. The Morgan fingerprint density at radius 1 is 0.946 bits per heavy atom. The number of nitrogens with zero attached hydrogens (tertiary/aromatic N) is 3. The highest BCUT2D eigenvalue weighted by Gasteiger charge is 2.65. The predicted molar refractivity (Wildman–Crippen MR) is 132 cm³/mol. The van der Waals surface area contributed by atoms with Crippen LogP contribution >= 0.6 is 0 Å². The average Bonchev–Trinajstić information content (AvgIpc) is 3.61. The van der Waals surface area contributed by atoms with E-state index in [1.807, 2.05) is 24.3 Å². The van der Waals surface area contributed by atoms with Gasteiger partial charge >= 0.3 is 0 Å². The number of Topliss-reactive ketones (excluding diaryl/α,β-unsaturated/α-hetero) is 1. The van der Waals surface area contributed by atoms with Crippen LogP contribution in [0, 0.1) is 11.8 Å². The lowest BCUT2D eigenvalue weighted by molar-refractivity contribution is -0.124. The first-order valence-electron chi connectivity index (χ1n) is 11.9. The lowest BCUT2D eigenvalue weighted by Gasteiger charge is -2.33. The van der Waals surface area contributed by atoms with Crippen LogP contribution in [0.5, 0.6) is 17.2 Å². The van der Waals surface area contributed by atoms with Crippen LogP contribution in [-0.2, 0) is 9.59 Å². The molecule has 0 aromatic heterocycles. The Balaban J connectivity index is 1.34. The van der Waals surface area contributed by atoms with Gasteiger partial charge in [0.1, 0.15) is 11.8 Å². The summed E-state index contributed by atoms with van der Waals surface area (Å²) in [6, 6.07) is 17.9. The van der Waals surface area contributed by atoms with Gasteiger partial charge in [0, 0.05) is 11.6 Å². The summed E-state index contributed by atoms with van der Waals surface area (Å²) in [6.45, 7) is 0.0796. The highest BCUT2D eigenvalue weighted by atomic mass is 16.7. The number of fused-ring (bicyclic) bond motifs is 6. The first kappa shape index (κ1) is 21.6. The molecule has 3 aromatic rings. The summed E-state index contributed by atoms with van der Waals surface area (Å²) in [5.74, 6) is -1.10. The van der Waals surface area contributed by atoms with E-state index in [0.29, 0.717) is 28.5 Å². The van der Waals surface area contributed by atoms with Gasteiger partial charge < -0.3 is 14.2 Å². The fourth-order valence-electron chi connectivity index (χ4n) is 5.87. The van der Waals surface area contributed by atoms with Gasteiger partial charge in [0.05, 0.1) is 36.9 Å². The second kappa shape index (κ2) is 7.92. The van der Waals surface area contributed by atoms with Crippen LogP contribution in [0.25, 0.3) is 0 Å². The number of hydrogen-bond donors (Lipinski definition) is 0. The molecule has 4 heterocycles. The van der Waals surface area contributed by atoms with E-state index in [4.69, 9.17) is 14.2 Å². The molecule has 0 radical (unpaired) electrons. The molecule has 2 amide bonds. The molecule has 0 saturated carbocycles. The van der Waals surface area contributed by atoms with Gasteiger partial charge in [0.15, 0.2) is 17.3 Å². The first-order valence-corrected chi connectivity index (χ1v) is 11.9. The van der Waals surface area contributed by atoms with E-state index in [-0.39, 0.29) is 18.5 Å². The molecule has 4 aliphatic rings. The van der Waals surface area contributed by atoms with Crippen LogP contribution < -0.4 is 19.1 Å². The van der Waals surface area contributed by atoms with Crippen molar-refractivity contribution in [2.45, 2.75) is 12.1 Å². The minimum atomic E-state index is -0.941. The standard InChI is InChI=1S/C28H21N3O6/c1-35-18-9-6-15(7-10-18)26(32)25-23-22(24-19-5-3-2-4-16(19)13-29-31(24)25)27(33)30(28(23)34)17-8-11-20-21(12-17)37-14-36-20/h2-13,22-25H,14H2,1H3/t22-,23+,24+,25+/m0/s1. The van der Waals surface area contributed by atoms with Crippen LogP contribution in [-0.4, -0.2) is 48.8 Å². The molecule has 37 heavy (non-hydrogen) atoms. The number of methoxy groups -OCH3 is 1. The Hall–Kier alpha value is -4.66. The van der Waals surface area contributed by atoms with Crippen LogP contribution in [0.3, 0.4) is 0 Å². The number of anilines is 1. The van der Waals surface area contributed by atoms with Gasteiger partial charge in [0.2, 0.25) is 18.6 Å². The van der Waals surface area contributed by atoms with E-state index in [9.17, 15) is 14.4 Å². The van der Waals surface area contributed by atoms with E-state index >= 15 is 0 Å². The summed E-state index contributed by atoms with van der Waals surface area (Å²) in [4.78, 5) is 43.1. The smallest absolute Gasteiger partial charge is 0.240 e. The molecule has 0 bridgehead atoms. The van der Waals surface area contributed by atoms with Crippen molar-refractivity contribution in [1.82, 2.24) is 5.01 Å². The molecule has 9 heteroatoms. The third kappa shape index (κ3) is 3.03. The lowest BCUT2D eigenvalue weighted by atomic mass is 9.83. The van der Waals surface area contributed by atoms with Gasteiger partial charge in [0.25, 0.3) is 0 Å². The van der Waals surface area contributed by atoms with E-state index in [1.165, 1.54) is 4.90 Å². The zero-order chi connectivity index (χ0) is 25.3. The van der Waals surface area contributed by atoms with Crippen molar-refractivity contribution in [3.05, 3.63) is 83.4 Å². The molecule has 184 valence electrons. The molecule has 0 spiro atoms. The number of hydrogen-bond acceptors (Lipinski definition) is 8. The van der Waals surface area contributed by atoms with Crippen molar-refractivity contribution in [1.29, 1.82) is 0 Å². The molecule has 7 rings (SSSR count). The molecule has 4 atom stereocenters. The fourth-order valence-corrected chi connectivity index (χ4v) is 5.87. The van der Waals surface area contributed by atoms with Gasteiger partial charge in [-0.2, -0.15) is 5.10 Å². The molecule has 9 nitrogen and oxygen atoms in total. The van der Waals surface area contributed by atoms with Gasteiger partial charge in [-0.3, -0.25) is 19.4 Å². The molecule has 4 aliphatic heterocycles. The summed E-state index contributed by atoms with van der Waals surface area (Å²) >= 11 is 0. The number of carbonyl (C=O) groups is 3. The third-order valence-electron chi connectivity index (χ3n) is 7.55. The third-order valence-corrected chi connectivity index (χ3v) is 7.55. The van der Waals surface area contributed by atoms with E-state index < -0.39 is 29.8 Å². The SMILES string of the molecule is COc1ccc(C(=O)[C@H]2[C@@H]3C(=O)N(c4ccc5c(c4)OCO5)C(=O)[C@@H]3[C@H]3c4ccccc4C=NN32)cc1. The van der Waals surface area contributed by atoms with Crippen LogP contribution in [0.15, 0.2) is 71.8 Å². The topological polar surface area (TPSA) is 97.7 Å². The maximum atomic E-state index is 14.0. The van der Waals surface area contributed by atoms with Crippen molar-refractivity contribution < 1.29 is 28.6 Å². The van der Waals surface area contributed by atoms with Gasteiger partial charge in [-0.1, -0.05) is 24.3 Å². The van der Waals surface area contributed by atoms with Crippen LogP contribution in [0.2, 0.25) is 0 Å². The Kier molecular flexibility index (Phi) is 4.63. The molecular formula is C28H21N3O6. The number of hydrazone groups is 1. The quantitative estimate of drug-likeness (QED) is 0.405. The van der Waals surface area contributed by atoms with Gasteiger partial charge in [-0.05, 0) is 47.5 Å². The molecule has 0 aliphatic carbocycles. The van der Waals surface area contributed by atoms with Crippen LogP contribution in [0.4, 0.5) is 5.69 Å². The minimum absolute atomic E-state index is 0.0796. The summed E-state index contributed by atoms with van der Waals surface area (Å²) in [7, 11) is 1.55. The minimum Gasteiger partial charge on any atom is -0.497 e. The molecule has 0 unspecified atom stereocenters. The second-order valence-electron chi connectivity index (χ2n) is 9.34. The van der Waals surface area contributed by atoms with Gasteiger partial charge in [-0.15, -0.1) is 0 Å². The number of ether oxygens (including phenoxy) is 3. The largest absolute Gasteiger partial charge is 0.497 e. The van der Waals surface area contributed by atoms with Crippen molar-refractivity contribution in [2.75, 3.05) is 18.8 Å². The van der Waals surface area contributed by atoms with Crippen molar-refractivity contribution in [3.8, 4) is 17.2 Å². The summed E-state index contributed by atoms with van der Waals surface area (Å²) in [6.07, 6.45) is 1.69. The fraction of sp³-hybridized carbons (Fsp3) is 0.214. The first-order chi connectivity index (χ1) is 18.1. The van der Waals surface area contributed by atoms with Gasteiger partial charge in [-0.25, -0.2) is 4.90 Å². The second-order valence-corrected chi connectivity index (χ2v) is 9.34. The zero-order valence-electron chi connectivity index (χ0n) is 19.7. The number of amides is 2. The number of benzene rings is 3. The van der Waals surface area contributed by atoms with E-state index in [1.54, 1.807) is 60.8 Å². The molecular weight excluding hydrogens is 474 g/mol. The predicted octanol–water partition coefficient (Wildman–Crippen LogP) is 3.19. The summed E-state index contributed by atoms with van der Waals surface area (Å²) in [5, 5.41) is 6.24. The normalized spacial score (nSPS) is 24.7. The average molecular weight is 495 g/mol. The molecule has 3 aromatic carbocycles. The Bertz CT molecular complexity index is 1500. The molecule has 2 fully saturated rings. The number of imide groups is 1. The molecule has 2 saturated heterocycles. The summed E-state index contributed by atoms with van der Waals surface area (Å²) < 4.78 is 16.1. The maximum Gasteiger partial charge on any atom is 0.240 e. The van der Waals surface area contributed by atoms with Crippen molar-refractivity contribution in [3.63, 3.8) is 0 Å². The van der Waals surface area contributed by atoms with E-state index in [0.717, 1.165) is 11.1 Å². The Labute approximate surface area is 211 Å². The lowest BCUT2D eigenvalue weighted by Crippen LogP contribution is -2.44. The number of ketones is 1. The highest BCUT2D eigenvalue weighted by Crippen LogP contribution is 2.53. The number of carbonyl (C=O) groups excluding carboxylic acids is 3. The van der Waals surface area contributed by atoms with Crippen molar-refractivity contribution >= 4 is 29.5 Å². The van der Waals surface area contributed by atoms with Crippen LogP contribution in [0.1, 0.15) is 27.5 Å². The van der Waals surface area contributed by atoms with Crippen molar-refractivity contribution in [2.24, 2.45) is 16.9 Å². The number of rotatable bonds is 4. The maximum absolute atomic E-state index is 14.0.